The van der Waals surface area contributed by atoms with E-state index in [-0.39, 0.29) is 0 Å². The fourth-order valence-electron chi connectivity index (χ4n) is 1.95. The van der Waals surface area contributed by atoms with Crippen LogP contribution in [0.25, 0.3) is 0 Å². The van der Waals surface area contributed by atoms with E-state index >= 15 is 0 Å². The third-order valence-corrected chi connectivity index (χ3v) is 3.93. The number of hydrogen-bond acceptors (Lipinski definition) is 3. The molecule has 0 heterocycles. The number of benzene rings is 2. The Kier molecular flexibility index (Phi) is 5.76. The Morgan fingerprint density at radius 2 is 1.81 bits per heavy atom. The first kappa shape index (κ1) is 16.0. The molecule has 0 aliphatic rings. The molecule has 0 saturated heterocycles. The van der Waals surface area contributed by atoms with Crippen LogP contribution in [0.4, 0.5) is 0 Å². The van der Waals surface area contributed by atoms with Crippen molar-refractivity contribution in [2.45, 2.75) is 12.5 Å². The third kappa shape index (κ3) is 3.83. The lowest BCUT2D eigenvalue weighted by atomic mass is 10.2. The predicted molar refractivity (Wildman–Crippen MR) is 87.6 cm³/mol. The van der Waals surface area contributed by atoms with Gasteiger partial charge in [-0.25, -0.2) is 0 Å². The molecule has 3 nitrogen and oxygen atoms in total. The van der Waals surface area contributed by atoms with Crippen molar-refractivity contribution < 1.29 is 14.2 Å². The average Bonchev–Trinajstić information content (AvgIpc) is 2.52. The number of ether oxygens (including phenoxy) is 3. The smallest absolute Gasteiger partial charge is 0.166 e. The van der Waals surface area contributed by atoms with Gasteiger partial charge in [0.2, 0.25) is 0 Å². The first-order chi connectivity index (χ1) is 10.2. The van der Waals surface area contributed by atoms with Crippen molar-refractivity contribution >= 4 is 27.5 Å². The van der Waals surface area contributed by atoms with Crippen LogP contribution in [-0.4, -0.2) is 14.2 Å². The van der Waals surface area contributed by atoms with Gasteiger partial charge in [-0.1, -0.05) is 18.2 Å². The fourth-order valence-corrected chi connectivity index (χ4v) is 2.74. The highest BCUT2D eigenvalue weighted by molar-refractivity contribution is 9.10. The highest BCUT2D eigenvalue weighted by atomic mass is 79.9. The zero-order valence-electron chi connectivity index (χ0n) is 11.9. The summed E-state index contributed by atoms with van der Waals surface area (Å²) in [5.41, 5.74) is 1.93. The van der Waals surface area contributed by atoms with E-state index in [1.54, 1.807) is 14.2 Å². The second kappa shape index (κ2) is 7.57. The minimum Gasteiger partial charge on any atom is -0.496 e. The van der Waals surface area contributed by atoms with E-state index in [1.807, 2.05) is 36.4 Å². The molecule has 0 unspecified atom stereocenters. The second-order valence-electron chi connectivity index (χ2n) is 4.34. The first-order valence-corrected chi connectivity index (χ1v) is 7.69. The van der Waals surface area contributed by atoms with Crippen molar-refractivity contribution in [3.63, 3.8) is 0 Å². The standard InChI is InChI=1S/C16H16BrClO3/c1-19-14-7-6-11(8-13(14)17)10-21-16-12(9-18)4-3-5-15(16)20-2/h3-8H,9-10H2,1-2H3. The lowest BCUT2D eigenvalue weighted by Crippen LogP contribution is -2.00. The molecular formula is C16H16BrClO3. The van der Waals surface area contributed by atoms with Crippen LogP contribution in [0, 0.1) is 0 Å². The van der Waals surface area contributed by atoms with Crippen molar-refractivity contribution in [3.8, 4) is 17.2 Å². The molecule has 0 radical (unpaired) electrons. The Balaban J connectivity index is 2.18. The molecule has 0 aliphatic heterocycles. The topological polar surface area (TPSA) is 27.7 Å². The highest BCUT2D eigenvalue weighted by Gasteiger charge is 2.10. The van der Waals surface area contributed by atoms with Crippen molar-refractivity contribution in [2.75, 3.05) is 14.2 Å². The molecule has 0 amide bonds. The van der Waals surface area contributed by atoms with Crippen LogP contribution in [0.15, 0.2) is 40.9 Å². The summed E-state index contributed by atoms with van der Waals surface area (Å²) < 4.78 is 17.3. The van der Waals surface area contributed by atoms with Gasteiger partial charge in [-0.3, -0.25) is 0 Å². The monoisotopic (exact) mass is 370 g/mol. The Bertz CT molecular complexity index is 594. The van der Waals surface area contributed by atoms with Crippen molar-refractivity contribution in [2.24, 2.45) is 0 Å². The van der Waals surface area contributed by atoms with Gasteiger partial charge in [-0.05, 0) is 39.7 Å². The van der Waals surface area contributed by atoms with E-state index in [2.05, 4.69) is 15.9 Å². The summed E-state index contributed by atoms with van der Waals surface area (Å²) in [6.07, 6.45) is 0. The van der Waals surface area contributed by atoms with Crippen LogP contribution in [0.3, 0.4) is 0 Å². The van der Waals surface area contributed by atoms with Gasteiger partial charge in [0.25, 0.3) is 0 Å². The van der Waals surface area contributed by atoms with Crippen LogP contribution in [0.2, 0.25) is 0 Å². The number of hydrogen-bond donors (Lipinski definition) is 0. The highest BCUT2D eigenvalue weighted by Crippen LogP contribution is 2.33. The fraction of sp³-hybridized carbons (Fsp3) is 0.250. The molecule has 0 aromatic heterocycles. The van der Waals surface area contributed by atoms with Crippen LogP contribution in [-0.2, 0) is 12.5 Å². The quantitative estimate of drug-likeness (QED) is 0.684. The second-order valence-corrected chi connectivity index (χ2v) is 5.46. The summed E-state index contributed by atoms with van der Waals surface area (Å²) in [7, 11) is 3.25. The molecule has 0 saturated carbocycles. The number of methoxy groups -OCH3 is 2. The molecule has 0 fully saturated rings. The largest absolute Gasteiger partial charge is 0.496 e. The summed E-state index contributed by atoms with van der Waals surface area (Å²) in [5.74, 6) is 2.53. The molecule has 2 aromatic carbocycles. The van der Waals surface area contributed by atoms with Gasteiger partial charge < -0.3 is 14.2 Å². The molecular weight excluding hydrogens is 356 g/mol. The van der Waals surface area contributed by atoms with Crippen LogP contribution < -0.4 is 14.2 Å². The molecule has 112 valence electrons. The number of halogens is 2. The molecule has 0 spiro atoms. The number of alkyl halides is 1. The lowest BCUT2D eigenvalue weighted by Gasteiger charge is -2.14. The van der Waals surface area contributed by atoms with Gasteiger partial charge in [0, 0.05) is 5.56 Å². The maximum absolute atomic E-state index is 5.95. The van der Waals surface area contributed by atoms with Gasteiger partial charge in [0.1, 0.15) is 12.4 Å². The summed E-state index contributed by atoms with van der Waals surface area (Å²) in [6.45, 7) is 0.423. The predicted octanol–water partition coefficient (Wildman–Crippen LogP) is 4.78. The van der Waals surface area contributed by atoms with Crippen LogP contribution >= 0.6 is 27.5 Å². The normalized spacial score (nSPS) is 10.3. The minimum atomic E-state index is 0.374. The molecule has 0 N–H and O–H groups in total. The molecule has 0 bridgehead atoms. The van der Waals surface area contributed by atoms with E-state index in [0.29, 0.717) is 24.0 Å². The summed E-state index contributed by atoms with van der Waals surface area (Å²) >= 11 is 9.41. The van der Waals surface area contributed by atoms with Crippen LogP contribution in [0.5, 0.6) is 17.2 Å². The van der Waals surface area contributed by atoms with Crippen molar-refractivity contribution in [1.29, 1.82) is 0 Å². The third-order valence-electron chi connectivity index (χ3n) is 3.02. The maximum atomic E-state index is 5.95. The Labute approximate surface area is 137 Å². The van der Waals surface area contributed by atoms with Crippen molar-refractivity contribution in [3.05, 3.63) is 52.0 Å². The Hall–Kier alpha value is -1.39. The molecule has 21 heavy (non-hydrogen) atoms. The number of para-hydroxylation sites is 1. The first-order valence-electron chi connectivity index (χ1n) is 6.36. The summed E-state index contributed by atoms with van der Waals surface area (Å²) in [6, 6.07) is 11.5. The van der Waals surface area contributed by atoms with E-state index in [0.717, 1.165) is 21.3 Å². The van der Waals surface area contributed by atoms with Gasteiger partial charge in [-0.15, -0.1) is 11.6 Å². The SMILES string of the molecule is COc1ccc(COc2c(CCl)cccc2OC)cc1Br. The summed E-state index contributed by atoms with van der Waals surface area (Å²) in [5, 5.41) is 0. The van der Waals surface area contributed by atoms with Gasteiger partial charge >= 0.3 is 0 Å². The van der Waals surface area contributed by atoms with Crippen molar-refractivity contribution in [1.82, 2.24) is 0 Å². The maximum Gasteiger partial charge on any atom is 0.166 e. The van der Waals surface area contributed by atoms with E-state index in [9.17, 15) is 0 Å². The Morgan fingerprint density at radius 1 is 1.05 bits per heavy atom. The van der Waals surface area contributed by atoms with Crippen LogP contribution in [0.1, 0.15) is 11.1 Å². The minimum absolute atomic E-state index is 0.374. The van der Waals surface area contributed by atoms with Gasteiger partial charge in [0.05, 0.1) is 24.6 Å². The zero-order valence-corrected chi connectivity index (χ0v) is 14.2. The van der Waals surface area contributed by atoms with E-state index in [1.165, 1.54) is 0 Å². The van der Waals surface area contributed by atoms with Gasteiger partial charge in [-0.2, -0.15) is 0 Å². The molecule has 0 aliphatic carbocycles. The molecule has 2 aromatic rings. The number of rotatable bonds is 6. The van der Waals surface area contributed by atoms with E-state index in [4.69, 9.17) is 25.8 Å². The Morgan fingerprint density at radius 3 is 2.43 bits per heavy atom. The molecule has 5 heteroatoms. The summed E-state index contributed by atoms with van der Waals surface area (Å²) in [4.78, 5) is 0. The molecule has 0 atom stereocenters. The van der Waals surface area contributed by atoms with Gasteiger partial charge in [0.15, 0.2) is 11.5 Å². The lowest BCUT2D eigenvalue weighted by molar-refractivity contribution is 0.282. The zero-order chi connectivity index (χ0) is 15.2. The molecule has 2 rings (SSSR count). The van der Waals surface area contributed by atoms with E-state index < -0.39 is 0 Å². The average molecular weight is 372 g/mol.